The summed E-state index contributed by atoms with van der Waals surface area (Å²) in [4.78, 5) is 16.0. The zero-order valence-electron chi connectivity index (χ0n) is 17.7. The summed E-state index contributed by atoms with van der Waals surface area (Å²) in [6, 6.07) is 9.55. The molecule has 33 heavy (non-hydrogen) atoms. The van der Waals surface area contributed by atoms with E-state index in [2.05, 4.69) is 19.9 Å². The van der Waals surface area contributed by atoms with Crippen LogP contribution in [0, 0.1) is 5.82 Å². The largest absolute Gasteiger partial charge is 0.370 e. The Labute approximate surface area is 188 Å². The van der Waals surface area contributed by atoms with Crippen LogP contribution >= 0.6 is 0 Å². The molecule has 3 aromatic heterocycles. The number of anilines is 1. The molecule has 1 aromatic carbocycles. The Morgan fingerprint density at radius 2 is 1.73 bits per heavy atom. The number of rotatable bonds is 5. The molecule has 0 radical (unpaired) electrons. The van der Waals surface area contributed by atoms with Gasteiger partial charge in [0.25, 0.3) is 5.92 Å². The molecule has 168 valence electrons. The maximum Gasteiger partial charge on any atom is 0.252 e. The van der Waals surface area contributed by atoms with E-state index in [0.29, 0.717) is 28.6 Å². The number of imidazole rings is 2. The van der Waals surface area contributed by atoms with Gasteiger partial charge in [-0.1, -0.05) is 0 Å². The molecule has 0 amide bonds. The first kappa shape index (κ1) is 20.0. The standard InChI is InChI=1S/C24H21F3N6/c25-17-4-2-16(3-5-17)21-22(33(15-30-21)19-12-24(26,27)13-19)23-28-8-11-32(23)20-7-6-18(14-29-20)31-9-1-10-31/h2-8,11,14-15,19H,1,9-10,12-13H2. The molecule has 9 heteroatoms. The molecule has 0 bridgehead atoms. The van der Waals surface area contributed by atoms with Crippen molar-refractivity contribution in [2.24, 2.45) is 0 Å². The van der Waals surface area contributed by atoms with E-state index in [4.69, 9.17) is 0 Å². The number of nitrogens with zero attached hydrogens (tertiary/aromatic N) is 6. The number of hydrogen-bond acceptors (Lipinski definition) is 4. The topological polar surface area (TPSA) is 51.8 Å². The van der Waals surface area contributed by atoms with Gasteiger partial charge in [0.1, 0.15) is 17.3 Å². The van der Waals surface area contributed by atoms with E-state index < -0.39 is 5.92 Å². The van der Waals surface area contributed by atoms with Crippen LogP contribution in [0.15, 0.2) is 61.3 Å². The highest BCUT2D eigenvalue weighted by Gasteiger charge is 2.47. The third-order valence-corrected chi connectivity index (χ3v) is 6.43. The molecule has 0 atom stereocenters. The van der Waals surface area contributed by atoms with Gasteiger partial charge >= 0.3 is 0 Å². The third kappa shape index (κ3) is 3.48. The van der Waals surface area contributed by atoms with Crippen molar-refractivity contribution in [3.63, 3.8) is 0 Å². The zero-order valence-corrected chi connectivity index (χ0v) is 17.7. The van der Waals surface area contributed by atoms with Crippen molar-refractivity contribution in [2.45, 2.75) is 31.2 Å². The average Bonchev–Trinajstić information content (AvgIpc) is 3.38. The molecule has 0 unspecified atom stereocenters. The van der Waals surface area contributed by atoms with Crippen LogP contribution in [0.2, 0.25) is 0 Å². The maximum absolute atomic E-state index is 13.7. The number of pyridine rings is 1. The quantitative estimate of drug-likeness (QED) is 0.424. The van der Waals surface area contributed by atoms with Crippen LogP contribution < -0.4 is 4.90 Å². The van der Waals surface area contributed by atoms with Gasteiger partial charge in [0.2, 0.25) is 0 Å². The van der Waals surface area contributed by atoms with E-state index in [0.717, 1.165) is 18.8 Å². The van der Waals surface area contributed by atoms with Crippen molar-refractivity contribution in [1.29, 1.82) is 0 Å². The van der Waals surface area contributed by atoms with E-state index in [1.54, 1.807) is 35.4 Å². The summed E-state index contributed by atoms with van der Waals surface area (Å²) in [6.45, 7) is 2.06. The first-order valence-electron chi connectivity index (χ1n) is 10.9. The van der Waals surface area contributed by atoms with E-state index in [9.17, 15) is 13.2 Å². The normalized spacial score (nSPS) is 17.6. The van der Waals surface area contributed by atoms with Gasteiger partial charge < -0.3 is 9.47 Å². The van der Waals surface area contributed by atoms with Crippen LogP contribution in [0.25, 0.3) is 28.6 Å². The highest BCUT2D eigenvalue weighted by molar-refractivity contribution is 5.76. The Balaban J connectivity index is 1.44. The zero-order chi connectivity index (χ0) is 22.6. The summed E-state index contributed by atoms with van der Waals surface area (Å²) in [6.07, 6.45) is 7.55. The van der Waals surface area contributed by atoms with Crippen molar-refractivity contribution in [3.8, 4) is 28.6 Å². The first-order valence-corrected chi connectivity index (χ1v) is 10.9. The number of benzene rings is 1. The molecule has 1 saturated heterocycles. The van der Waals surface area contributed by atoms with E-state index in [1.807, 2.05) is 22.9 Å². The molecule has 0 N–H and O–H groups in total. The van der Waals surface area contributed by atoms with Gasteiger partial charge in [0.05, 0.1) is 23.9 Å². The second-order valence-electron chi connectivity index (χ2n) is 8.61. The molecular weight excluding hydrogens is 429 g/mol. The van der Waals surface area contributed by atoms with E-state index in [1.165, 1.54) is 18.6 Å². The lowest BCUT2D eigenvalue weighted by Gasteiger charge is -2.36. The summed E-state index contributed by atoms with van der Waals surface area (Å²) in [5.41, 5.74) is 2.93. The molecule has 4 aromatic rings. The summed E-state index contributed by atoms with van der Waals surface area (Å²) in [5, 5.41) is 0. The summed E-state index contributed by atoms with van der Waals surface area (Å²) in [5.74, 6) is -1.81. The number of halogens is 3. The van der Waals surface area contributed by atoms with Crippen molar-refractivity contribution < 1.29 is 13.2 Å². The highest BCUT2D eigenvalue weighted by Crippen LogP contribution is 2.48. The molecule has 4 heterocycles. The van der Waals surface area contributed by atoms with Gasteiger partial charge in [-0.25, -0.2) is 28.1 Å². The minimum atomic E-state index is -2.67. The van der Waals surface area contributed by atoms with Crippen LogP contribution in [0.1, 0.15) is 25.3 Å². The molecule has 1 saturated carbocycles. The Hall–Kier alpha value is -3.62. The number of alkyl halides is 2. The van der Waals surface area contributed by atoms with Gasteiger partial charge in [0.15, 0.2) is 5.82 Å². The smallest absolute Gasteiger partial charge is 0.252 e. The molecule has 2 aliphatic rings. The predicted molar refractivity (Wildman–Crippen MR) is 118 cm³/mol. The lowest BCUT2D eigenvalue weighted by Crippen LogP contribution is -2.37. The van der Waals surface area contributed by atoms with Gasteiger partial charge in [-0.15, -0.1) is 0 Å². The van der Waals surface area contributed by atoms with Gasteiger partial charge in [-0.3, -0.25) is 4.57 Å². The molecule has 6 rings (SSSR count). The molecule has 1 aliphatic heterocycles. The summed E-state index contributed by atoms with van der Waals surface area (Å²) >= 11 is 0. The minimum Gasteiger partial charge on any atom is -0.370 e. The third-order valence-electron chi connectivity index (χ3n) is 6.43. The molecular formula is C24H21F3N6. The van der Waals surface area contributed by atoms with Gasteiger partial charge in [-0.05, 0) is 42.8 Å². The van der Waals surface area contributed by atoms with Crippen LogP contribution in [-0.2, 0) is 0 Å². The second kappa shape index (κ2) is 7.47. The van der Waals surface area contributed by atoms with Crippen LogP contribution in [0.4, 0.5) is 18.9 Å². The fraction of sp³-hybridized carbons (Fsp3) is 0.292. The molecule has 1 aliphatic carbocycles. The SMILES string of the molecule is Fc1ccc(-c2ncn(C3CC(F)(F)C3)c2-c2nccn2-c2ccc(N3CCC3)cn2)cc1. The highest BCUT2D eigenvalue weighted by atomic mass is 19.3. The molecule has 0 spiro atoms. The fourth-order valence-corrected chi connectivity index (χ4v) is 4.45. The van der Waals surface area contributed by atoms with Crippen molar-refractivity contribution in [3.05, 3.63) is 67.1 Å². The average molecular weight is 450 g/mol. The Bertz CT molecular complexity index is 1280. The molecule has 2 fully saturated rings. The van der Waals surface area contributed by atoms with Crippen molar-refractivity contribution >= 4 is 5.69 Å². The van der Waals surface area contributed by atoms with Gasteiger partial charge in [0, 0.05) is 49.9 Å². The minimum absolute atomic E-state index is 0.247. The summed E-state index contributed by atoms with van der Waals surface area (Å²) < 4.78 is 44.5. The first-order chi connectivity index (χ1) is 16.0. The Morgan fingerprint density at radius 3 is 2.36 bits per heavy atom. The predicted octanol–water partition coefficient (Wildman–Crippen LogP) is 5.12. The Morgan fingerprint density at radius 1 is 0.939 bits per heavy atom. The fourth-order valence-electron chi connectivity index (χ4n) is 4.45. The van der Waals surface area contributed by atoms with E-state index >= 15 is 0 Å². The van der Waals surface area contributed by atoms with E-state index in [-0.39, 0.29) is 24.7 Å². The number of aromatic nitrogens is 5. The number of hydrogen-bond donors (Lipinski definition) is 0. The summed E-state index contributed by atoms with van der Waals surface area (Å²) in [7, 11) is 0. The van der Waals surface area contributed by atoms with Crippen molar-refractivity contribution in [2.75, 3.05) is 18.0 Å². The lowest BCUT2D eigenvalue weighted by molar-refractivity contribution is -0.103. The monoisotopic (exact) mass is 450 g/mol. The van der Waals surface area contributed by atoms with Crippen molar-refractivity contribution in [1.82, 2.24) is 24.1 Å². The maximum atomic E-state index is 13.7. The van der Waals surface area contributed by atoms with Crippen LogP contribution in [0.5, 0.6) is 0 Å². The second-order valence-corrected chi connectivity index (χ2v) is 8.61. The molecule has 6 nitrogen and oxygen atoms in total. The van der Waals surface area contributed by atoms with Gasteiger partial charge in [-0.2, -0.15) is 0 Å². The lowest BCUT2D eigenvalue weighted by atomic mass is 9.87. The Kier molecular flexibility index (Phi) is 4.53. The van der Waals surface area contributed by atoms with Crippen LogP contribution in [-0.4, -0.2) is 43.1 Å². The van der Waals surface area contributed by atoms with Crippen LogP contribution in [0.3, 0.4) is 0 Å².